The Bertz CT molecular complexity index is 434. The number of hydrogen-bond donors (Lipinski definition) is 3. The number of likely N-dealkylation sites (tertiary alicyclic amines) is 1. The molecule has 1 saturated carbocycles. The van der Waals surface area contributed by atoms with Crippen LogP contribution >= 0.6 is 0 Å². The predicted octanol–water partition coefficient (Wildman–Crippen LogP) is 0.681. The third kappa shape index (κ3) is 3.65. The van der Waals surface area contributed by atoms with Crippen LogP contribution in [-0.2, 0) is 9.59 Å². The van der Waals surface area contributed by atoms with Crippen molar-refractivity contribution in [2.75, 3.05) is 13.1 Å². The highest BCUT2D eigenvalue weighted by Crippen LogP contribution is 2.43. The van der Waals surface area contributed by atoms with Gasteiger partial charge in [-0.05, 0) is 37.5 Å². The van der Waals surface area contributed by atoms with Crippen LogP contribution in [0.3, 0.4) is 0 Å². The molecular weight excluding hydrogens is 274 g/mol. The lowest BCUT2D eigenvalue weighted by atomic mass is 9.66. The SMILES string of the molecule is NC(=O)C1CCCCN1C(=O)NCC1(CC(=O)O)CCC1. The van der Waals surface area contributed by atoms with E-state index < -0.39 is 17.9 Å². The number of carboxylic acids is 1. The highest BCUT2D eigenvalue weighted by atomic mass is 16.4. The van der Waals surface area contributed by atoms with Crippen LogP contribution in [0.1, 0.15) is 44.9 Å². The fourth-order valence-electron chi connectivity index (χ4n) is 3.25. The summed E-state index contributed by atoms with van der Waals surface area (Å²) in [6, 6.07) is -0.856. The Morgan fingerprint density at radius 3 is 2.48 bits per heavy atom. The summed E-state index contributed by atoms with van der Waals surface area (Å²) in [7, 11) is 0. The van der Waals surface area contributed by atoms with E-state index in [9.17, 15) is 14.4 Å². The smallest absolute Gasteiger partial charge is 0.318 e. The average Bonchev–Trinajstić information content (AvgIpc) is 2.40. The maximum atomic E-state index is 12.2. The minimum Gasteiger partial charge on any atom is -0.481 e. The molecule has 21 heavy (non-hydrogen) atoms. The van der Waals surface area contributed by atoms with Gasteiger partial charge in [-0.2, -0.15) is 0 Å². The third-order valence-electron chi connectivity index (χ3n) is 4.65. The molecule has 2 fully saturated rings. The number of nitrogens with two attached hydrogens (primary N) is 1. The van der Waals surface area contributed by atoms with Gasteiger partial charge in [0.05, 0.1) is 6.42 Å². The molecule has 7 nitrogen and oxygen atoms in total. The summed E-state index contributed by atoms with van der Waals surface area (Å²) in [4.78, 5) is 36.0. The topological polar surface area (TPSA) is 113 Å². The number of carbonyl (C=O) groups excluding carboxylic acids is 2. The maximum absolute atomic E-state index is 12.2. The van der Waals surface area contributed by atoms with E-state index in [1.54, 1.807) is 0 Å². The monoisotopic (exact) mass is 297 g/mol. The van der Waals surface area contributed by atoms with E-state index in [2.05, 4.69) is 5.32 Å². The van der Waals surface area contributed by atoms with Gasteiger partial charge >= 0.3 is 12.0 Å². The van der Waals surface area contributed by atoms with Crippen LogP contribution in [0.2, 0.25) is 0 Å². The first-order chi connectivity index (χ1) is 9.93. The minimum absolute atomic E-state index is 0.0759. The van der Waals surface area contributed by atoms with Crippen molar-refractivity contribution in [2.45, 2.75) is 51.0 Å². The largest absolute Gasteiger partial charge is 0.481 e. The van der Waals surface area contributed by atoms with Crippen molar-refractivity contribution in [1.29, 1.82) is 0 Å². The second-order valence-corrected chi connectivity index (χ2v) is 6.19. The molecule has 0 aromatic carbocycles. The molecule has 1 saturated heterocycles. The van der Waals surface area contributed by atoms with Crippen molar-refractivity contribution in [3.8, 4) is 0 Å². The van der Waals surface area contributed by atoms with E-state index in [1.807, 2.05) is 0 Å². The van der Waals surface area contributed by atoms with Gasteiger partial charge in [0.15, 0.2) is 0 Å². The van der Waals surface area contributed by atoms with Gasteiger partial charge in [0.2, 0.25) is 5.91 Å². The summed E-state index contributed by atoms with van der Waals surface area (Å²) < 4.78 is 0. The van der Waals surface area contributed by atoms with E-state index in [0.717, 1.165) is 32.1 Å². The zero-order chi connectivity index (χ0) is 15.5. The molecule has 4 N–H and O–H groups in total. The maximum Gasteiger partial charge on any atom is 0.318 e. The minimum atomic E-state index is -0.836. The quantitative estimate of drug-likeness (QED) is 0.692. The van der Waals surface area contributed by atoms with Crippen molar-refractivity contribution in [3.63, 3.8) is 0 Å². The Kier molecular flexibility index (Phi) is 4.69. The Hall–Kier alpha value is -1.79. The highest BCUT2D eigenvalue weighted by Gasteiger charge is 2.40. The van der Waals surface area contributed by atoms with Crippen molar-refractivity contribution < 1.29 is 19.5 Å². The van der Waals surface area contributed by atoms with Crippen LogP contribution in [0.5, 0.6) is 0 Å². The van der Waals surface area contributed by atoms with Gasteiger partial charge < -0.3 is 21.1 Å². The number of carbonyl (C=O) groups is 3. The molecule has 0 bridgehead atoms. The molecular formula is C14H23N3O4. The first-order valence-corrected chi connectivity index (χ1v) is 7.49. The Labute approximate surface area is 123 Å². The molecule has 0 aromatic rings. The molecule has 0 aromatic heterocycles. The summed E-state index contributed by atoms with van der Waals surface area (Å²) in [6.07, 6.45) is 5.06. The van der Waals surface area contributed by atoms with Crippen LogP contribution in [0.25, 0.3) is 0 Å². The van der Waals surface area contributed by atoms with Crippen molar-refractivity contribution >= 4 is 17.9 Å². The van der Waals surface area contributed by atoms with Gasteiger partial charge in [-0.15, -0.1) is 0 Å². The van der Waals surface area contributed by atoms with Crippen molar-refractivity contribution in [1.82, 2.24) is 10.2 Å². The summed E-state index contributed by atoms with van der Waals surface area (Å²) in [5.41, 5.74) is 5.02. The lowest BCUT2D eigenvalue weighted by molar-refractivity contribution is -0.141. The molecule has 1 heterocycles. The first kappa shape index (κ1) is 15.6. The summed E-state index contributed by atoms with van der Waals surface area (Å²) >= 11 is 0. The second kappa shape index (κ2) is 6.32. The lowest BCUT2D eigenvalue weighted by Crippen LogP contribution is -2.55. The Balaban J connectivity index is 1.91. The van der Waals surface area contributed by atoms with E-state index in [4.69, 9.17) is 10.8 Å². The number of primary amides is 1. The Morgan fingerprint density at radius 2 is 1.95 bits per heavy atom. The molecule has 1 aliphatic heterocycles. The van der Waals surface area contributed by atoms with Crippen LogP contribution in [-0.4, -0.2) is 47.0 Å². The molecule has 118 valence electrons. The molecule has 3 amide bonds. The number of aliphatic carboxylic acids is 1. The van der Waals surface area contributed by atoms with Gasteiger partial charge in [0.1, 0.15) is 6.04 Å². The predicted molar refractivity (Wildman–Crippen MR) is 75.5 cm³/mol. The fraction of sp³-hybridized carbons (Fsp3) is 0.786. The number of carboxylic acid groups (broad SMARTS) is 1. The molecule has 7 heteroatoms. The van der Waals surface area contributed by atoms with Crippen LogP contribution in [0, 0.1) is 5.41 Å². The molecule has 2 aliphatic rings. The fourth-order valence-corrected chi connectivity index (χ4v) is 3.25. The van der Waals surface area contributed by atoms with Crippen molar-refractivity contribution in [2.24, 2.45) is 11.1 Å². The lowest BCUT2D eigenvalue weighted by Gasteiger charge is -2.42. The molecule has 0 radical (unpaired) electrons. The van der Waals surface area contributed by atoms with E-state index in [-0.39, 0.29) is 17.9 Å². The number of hydrogen-bond acceptors (Lipinski definition) is 3. The van der Waals surface area contributed by atoms with Crippen LogP contribution in [0.15, 0.2) is 0 Å². The van der Waals surface area contributed by atoms with E-state index in [0.29, 0.717) is 19.5 Å². The number of rotatable bonds is 5. The van der Waals surface area contributed by atoms with Crippen LogP contribution in [0.4, 0.5) is 4.79 Å². The Morgan fingerprint density at radius 1 is 1.24 bits per heavy atom. The van der Waals surface area contributed by atoms with Crippen molar-refractivity contribution in [3.05, 3.63) is 0 Å². The first-order valence-electron chi connectivity index (χ1n) is 7.49. The number of nitrogens with zero attached hydrogens (tertiary/aromatic N) is 1. The highest BCUT2D eigenvalue weighted by molar-refractivity contribution is 5.86. The number of piperidine rings is 1. The molecule has 0 spiro atoms. The molecule has 1 aliphatic carbocycles. The molecule has 1 unspecified atom stereocenters. The van der Waals surface area contributed by atoms with Crippen LogP contribution < -0.4 is 11.1 Å². The number of urea groups is 1. The van der Waals surface area contributed by atoms with Gasteiger partial charge in [-0.25, -0.2) is 4.79 Å². The molecule has 2 rings (SSSR count). The van der Waals surface area contributed by atoms with Gasteiger partial charge in [0, 0.05) is 13.1 Å². The third-order valence-corrected chi connectivity index (χ3v) is 4.65. The normalized spacial score (nSPS) is 24.0. The summed E-state index contributed by atoms with van der Waals surface area (Å²) in [5.74, 6) is -1.31. The van der Waals surface area contributed by atoms with Gasteiger partial charge in [0.25, 0.3) is 0 Å². The summed E-state index contributed by atoms with van der Waals surface area (Å²) in [5, 5.41) is 11.8. The zero-order valence-corrected chi connectivity index (χ0v) is 12.1. The molecule has 1 atom stereocenters. The number of nitrogens with one attached hydrogen (secondary N) is 1. The van der Waals surface area contributed by atoms with Gasteiger partial charge in [-0.3, -0.25) is 9.59 Å². The van der Waals surface area contributed by atoms with Gasteiger partial charge in [-0.1, -0.05) is 6.42 Å². The second-order valence-electron chi connectivity index (χ2n) is 6.19. The average molecular weight is 297 g/mol. The zero-order valence-electron chi connectivity index (χ0n) is 12.1. The number of amides is 3. The summed E-state index contributed by atoms with van der Waals surface area (Å²) in [6.45, 7) is 0.867. The van der Waals surface area contributed by atoms with E-state index >= 15 is 0 Å². The van der Waals surface area contributed by atoms with E-state index in [1.165, 1.54) is 4.90 Å². The standard InChI is InChI=1S/C14H23N3O4/c15-12(20)10-4-1-2-7-17(10)13(21)16-9-14(5-3-6-14)8-11(18)19/h10H,1-9H2,(H2,15,20)(H,16,21)(H,18,19).